The Morgan fingerprint density at radius 1 is 1.61 bits per heavy atom. The van der Waals surface area contributed by atoms with Crippen molar-refractivity contribution in [2.45, 2.75) is 38.5 Å². The molecule has 0 aliphatic carbocycles. The molecule has 1 aromatic heterocycles. The average molecular weight is 259 g/mol. The van der Waals surface area contributed by atoms with E-state index in [4.69, 9.17) is 10.5 Å². The molecule has 7 heteroatoms. The predicted octanol–water partition coefficient (Wildman–Crippen LogP) is 1.40. The lowest BCUT2D eigenvalue weighted by Gasteiger charge is -2.21. The zero-order valence-electron chi connectivity index (χ0n) is 10.1. The number of anilines is 1. The molecule has 5 nitrogen and oxygen atoms in total. The lowest BCUT2D eigenvalue weighted by molar-refractivity contribution is -0.125. The zero-order chi connectivity index (χ0) is 13.5. The number of halogens is 2. The minimum absolute atomic E-state index is 0.00217. The summed E-state index contributed by atoms with van der Waals surface area (Å²) in [5.74, 6) is -4.06. The number of aromatic nitrogens is 2. The summed E-state index contributed by atoms with van der Waals surface area (Å²) in [5.41, 5.74) is 4.49. The first-order valence-electron chi connectivity index (χ1n) is 5.75. The second kappa shape index (κ2) is 4.31. The van der Waals surface area contributed by atoms with Gasteiger partial charge >= 0.3 is 5.69 Å². The van der Waals surface area contributed by atoms with Crippen molar-refractivity contribution in [2.75, 3.05) is 5.73 Å². The summed E-state index contributed by atoms with van der Waals surface area (Å²) >= 11 is 0. The summed E-state index contributed by atoms with van der Waals surface area (Å²) in [4.78, 5) is 15.0. The fourth-order valence-corrected chi connectivity index (χ4v) is 2.15. The molecule has 0 radical (unpaired) electrons. The summed E-state index contributed by atoms with van der Waals surface area (Å²) in [6.07, 6.45) is -0.536. The minimum Gasteiger partial charge on any atom is -0.383 e. The van der Waals surface area contributed by atoms with Gasteiger partial charge in [-0.15, -0.1) is 0 Å². The predicted molar refractivity (Wildman–Crippen MR) is 61.2 cm³/mol. The summed E-state index contributed by atoms with van der Waals surface area (Å²) in [7, 11) is 0. The van der Waals surface area contributed by atoms with Gasteiger partial charge in [-0.25, -0.2) is 13.6 Å². The first kappa shape index (κ1) is 12.9. The van der Waals surface area contributed by atoms with Crippen LogP contribution in [0.25, 0.3) is 0 Å². The number of ether oxygens (including phenoxy) is 1. The van der Waals surface area contributed by atoms with Gasteiger partial charge in [-0.3, -0.25) is 4.57 Å². The van der Waals surface area contributed by atoms with Gasteiger partial charge in [0.15, 0.2) is 0 Å². The van der Waals surface area contributed by atoms with E-state index in [-0.39, 0.29) is 5.82 Å². The van der Waals surface area contributed by atoms with E-state index in [0.29, 0.717) is 6.42 Å². The van der Waals surface area contributed by atoms with Crippen LogP contribution in [0.15, 0.2) is 17.1 Å². The molecular weight excluding hydrogens is 244 g/mol. The van der Waals surface area contributed by atoms with Crippen LogP contribution in [0, 0.1) is 5.92 Å². The van der Waals surface area contributed by atoms with E-state index in [1.165, 1.54) is 19.2 Å². The van der Waals surface area contributed by atoms with E-state index in [0.717, 1.165) is 4.57 Å². The molecule has 18 heavy (non-hydrogen) atoms. The standard InChI is InChI=1S/C11H15F2N3O2/c1-3-7-6(2)11(12,13)9(18-7)16-5-4-8(14)15-10(16)17/h4-7,9H,3H2,1-2H3,(H2,14,15,17)/t6?,7-,9-/m1/s1. The van der Waals surface area contributed by atoms with Gasteiger partial charge in [0.05, 0.1) is 12.0 Å². The van der Waals surface area contributed by atoms with Crippen molar-refractivity contribution in [1.82, 2.24) is 9.55 Å². The van der Waals surface area contributed by atoms with Crippen LogP contribution >= 0.6 is 0 Å². The molecule has 2 heterocycles. The van der Waals surface area contributed by atoms with Crippen LogP contribution in [0.2, 0.25) is 0 Å². The van der Waals surface area contributed by atoms with E-state index in [2.05, 4.69) is 4.98 Å². The molecule has 100 valence electrons. The third kappa shape index (κ3) is 1.88. The zero-order valence-corrected chi connectivity index (χ0v) is 10.1. The first-order chi connectivity index (χ1) is 8.37. The van der Waals surface area contributed by atoms with Crippen LogP contribution < -0.4 is 11.4 Å². The first-order valence-corrected chi connectivity index (χ1v) is 5.75. The van der Waals surface area contributed by atoms with Crippen LogP contribution in [-0.2, 0) is 4.74 Å². The van der Waals surface area contributed by atoms with Gasteiger partial charge in [-0.05, 0) is 12.5 Å². The Balaban J connectivity index is 2.42. The SMILES string of the molecule is CC[C@H]1O[C@@H](n2ccc(N)nc2=O)C(F)(F)C1C. The Labute approximate surface area is 103 Å². The van der Waals surface area contributed by atoms with Crippen molar-refractivity contribution in [3.63, 3.8) is 0 Å². The smallest absolute Gasteiger partial charge is 0.351 e. The third-order valence-electron chi connectivity index (χ3n) is 3.30. The maximum absolute atomic E-state index is 14.1. The highest BCUT2D eigenvalue weighted by Gasteiger charge is 2.57. The molecule has 1 aromatic rings. The molecule has 1 aliphatic heterocycles. The number of alkyl halides is 2. The maximum atomic E-state index is 14.1. The summed E-state index contributed by atoms with van der Waals surface area (Å²) < 4.78 is 34.2. The Kier molecular flexibility index (Phi) is 3.10. The lowest BCUT2D eigenvalue weighted by atomic mass is 9.98. The number of rotatable bonds is 2. The number of nitrogens with two attached hydrogens (primary N) is 1. The van der Waals surface area contributed by atoms with Crippen LogP contribution in [0.3, 0.4) is 0 Å². The molecule has 1 aliphatic rings. The molecule has 2 rings (SSSR count). The van der Waals surface area contributed by atoms with Crippen molar-refractivity contribution < 1.29 is 13.5 Å². The number of hydrogen-bond acceptors (Lipinski definition) is 4. The second-order valence-electron chi connectivity index (χ2n) is 4.44. The Bertz CT molecular complexity index is 503. The minimum atomic E-state index is -3.11. The molecule has 0 spiro atoms. The monoisotopic (exact) mass is 259 g/mol. The normalized spacial score (nSPS) is 30.6. The largest absolute Gasteiger partial charge is 0.383 e. The Hall–Kier alpha value is -1.50. The fraction of sp³-hybridized carbons (Fsp3) is 0.636. The van der Waals surface area contributed by atoms with E-state index in [9.17, 15) is 13.6 Å². The van der Waals surface area contributed by atoms with Gasteiger partial charge in [0.25, 0.3) is 5.92 Å². The van der Waals surface area contributed by atoms with E-state index in [1.807, 2.05) is 0 Å². The van der Waals surface area contributed by atoms with Gasteiger partial charge in [0.2, 0.25) is 6.23 Å². The van der Waals surface area contributed by atoms with E-state index >= 15 is 0 Å². The van der Waals surface area contributed by atoms with Crippen molar-refractivity contribution in [1.29, 1.82) is 0 Å². The molecule has 1 saturated heterocycles. The second-order valence-corrected chi connectivity index (χ2v) is 4.44. The molecule has 0 bridgehead atoms. The maximum Gasteiger partial charge on any atom is 0.351 e. The molecule has 0 amide bonds. The molecule has 0 saturated carbocycles. The quantitative estimate of drug-likeness (QED) is 0.871. The van der Waals surface area contributed by atoms with Crippen LogP contribution in [0.4, 0.5) is 14.6 Å². The molecule has 3 atom stereocenters. The molecule has 1 fully saturated rings. The molecule has 0 aromatic carbocycles. The van der Waals surface area contributed by atoms with Gasteiger partial charge < -0.3 is 10.5 Å². The summed E-state index contributed by atoms with van der Waals surface area (Å²) in [5, 5.41) is 0. The lowest BCUT2D eigenvalue weighted by Crippen LogP contribution is -2.37. The van der Waals surface area contributed by atoms with Crippen molar-refractivity contribution in [3.05, 3.63) is 22.7 Å². The van der Waals surface area contributed by atoms with Crippen LogP contribution in [-0.4, -0.2) is 21.6 Å². The van der Waals surface area contributed by atoms with Gasteiger partial charge in [0.1, 0.15) is 5.82 Å². The molecular formula is C11H15F2N3O2. The van der Waals surface area contributed by atoms with Gasteiger partial charge in [-0.2, -0.15) is 4.98 Å². The third-order valence-corrected chi connectivity index (χ3v) is 3.30. The highest BCUT2D eigenvalue weighted by Crippen LogP contribution is 2.46. The molecule has 2 N–H and O–H groups in total. The fourth-order valence-electron chi connectivity index (χ4n) is 2.15. The Morgan fingerprint density at radius 3 is 2.78 bits per heavy atom. The Morgan fingerprint density at radius 2 is 2.28 bits per heavy atom. The summed E-state index contributed by atoms with van der Waals surface area (Å²) in [6.45, 7) is 3.19. The molecule has 1 unspecified atom stereocenters. The van der Waals surface area contributed by atoms with Crippen LogP contribution in [0.1, 0.15) is 26.5 Å². The van der Waals surface area contributed by atoms with Gasteiger partial charge in [0, 0.05) is 6.20 Å². The van der Waals surface area contributed by atoms with Gasteiger partial charge in [-0.1, -0.05) is 13.8 Å². The average Bonchev–Trinajstić information content (AvgIpc) is 2.52. The highest BCUT2D eigenvalue weighted by atomic mass is 19.3. The van der Waals surface area contributed by atoms with Crippen molar-refractivity contribution in [2.24, 2.45) is 5.92 Å². The van der Waals surface area contributed by atoms with Crippen LogP contribution in [0.5, 0.6) is 0 Å². The topological polar surface area (TPSA) is 70.1 Å². The van der Waals surface area contributed by atoms with E-state index < -0.39 is 29.9 Å². The van der Waals surface area contributed by atoms with Crippen molar-refractivity contribution in [3.8, 4) is 0 Å². The number of nitrogens with zero attached hydrogens (tertiary/aromatic N) is 2. The van der Waals surface area contributed by atoms with E-state index in [1.54, 1.807) is 6.92 Å². The highest BCUT2D eigenvalue weighted by molar-refractivity contribution is 5.23. The summed E-state index contributed by atoms with van der Waals surface area (Å²) in [6, 6.07) is 1.30. The number of nitrogen functional groups attached to an aromatic ring is 1. The van der Waals surface area contributed by atoms with Crippen molar-refractivity contribution >= 4 is 5.82 Å². The number of hydrogen-bond donors (Lipinski definition) is 1.